The summed E-state index contributed by atoms with van der Waals surface area (Å²) in [6.07, 6.45) is 5.40. The van der Waals surface area contributed by atoms with Gasteiger partial charge in [0.05, 0.1) is 13.2 Å². The van der Waals surface area contributed by atoms with Crippen molar-refractivity contribution in [1.29, 1.82) is 0 Å². The molecule has 0 atom stereocenters. The number of aliphatic hydroxyl groups excluding tert-OH is 1. The van der Waals surface area contributed by atoms with Gasteiger partial charge in [-0.25, -0.2) is 9.18 Å². The van der Waals surface area contributed by atoms with Gasteiger partial charge >= 0.3 is 5.97 Å². The van der Waals surface area contributed by atoms with Crippen molar-refractivity contribution in [1.82, 2.24) is 0 Å². The van der Waals surface area contributed by atoms with E-state index in [1.165, 1.54) is 12.2 Å². The van der Waals surface area contributed by atoms with Crippen molar-refractivity contribution in [2.45, 2.75) is 13.8 Å². The van der Waals surface area contributed by atoms with Crippen LogP contribution in [0.15, 0.2) is 35.7 Å². The molecular weight excluding hydrogens is 199 g/mol. The summed E-state index contributed by atoms with van der Waals surface area (Å²) in [5, 5.41) is 8.35. The predicted molar refractivity (Wildman–Crippen MR) is 55.8 cm³/mol. The molecule has 0 aliphatic heterocycles. The Hall–Kier alpha value is -1.42. The first kappa shape index (κ1) is 13.6. The Morgan fingerprint density at radius 1 is 1.53 bits per heavy atom. The summed E-state index contributed by atoms with van der Waals surface area (Å²) in [4.78, 5) is 10.9. The summed E-state index contributed by atoms with van der Waals surface area (Å²) in [5.74, 6) is -1.05. The highest BCUT2D eigenvalue weighted by molar-refractivity contribution is 5.83. The molecule has 0 spiro atoms. The molecule has 0 saturated heterocycles. The fraction of sp³-hybridized carbons (Fsp3) is 0.364. The second kappa shape index (κ2) is 7.94. The lowest BCUT2D eigenvalue weighted by molar-refractivity contribution is -0.137. The third-order valence-corrected chi connectivity index (χ3v) is 1.42. The molecule has 0 aromatic rings. The van der Waals surface area contributed by atoms with E-state index in [2.05, 4.69) is 4.74 Å². The fourth-order valence-corrected chi connectivity index (χ4v) is 0.775. The molecule has 1 N–H and O–H groups in total. The number of carbonyl (C=O) groups excluding carboxylic acids is 1. The maximum atomic E-state index is 12.4. The number of halogens is 1. The Bertz CT molecular complexity index is 290. The van der Waals surface area contributed by atoms with Gasteiger partial charge in [0.2, 0.25) is 0 Å². The summed E-state index contributed by atoms with van der Waals surface area (Å²) in [6.45, 7) is 3.12. The molecule has 0 rings (SSSR count). The topological polar surface area (TPSA) is 46.5 Å². The van der Waals surface area contributed by atoms with Crippen LogP contribution in [0, 0.1) is 0 Å². The molecular formula is C11H15FO3. The van der Waals surface area contributed by atoms with Crippen LogP contribution in [-0.2, 0) is 9.53 Å². The maximum absolute atomic E-state index is 12.4. The Balaban J connectivity index is 4.23. The van der Waals surface area contributed by atoms with E-state index in [1.807, 2.05) is 0 Å². The van der Waals surface area contributed by atoms with Crippen molar-refractivity contribution in [2.75, 3.05) is 13.2 Å². The van der Waals surface area contributed by atoms with Gasteiger partial charge in [0, 0.05) is 6.08 Å². The first-order valence-corrected chi connectivity index (χ1v) is 4.58. The lowest BCUT2D eigenvalue weighted by Crippen LogP contribution is -1.99. The van der Waals surface area contributed by atoms with E-state index in [0.717, 1.165) is 6.08 Å². The van der Waals surface area contributed by atoms with Crippen LogP contribution >= 0.6 is 0 Å². The average Bonchev–Trinajstić information content (AvgIpc) is 2.17. The highest BCUT2D eigenvalue weighted by Gasteiger charge is 1.94. The number of hydrogen-bond acceptors (Lipinski definition) is 3. The van der Waals surface area contributed by atoms with Crippen molar-refractivity contribution in [2.24, 2.45) is 0 Å². The van der Waals surface area contributed by atoms with Crippen LogP contribution in [0.3, 0.4) is 0 Å². The Morgan fingerprint density at radius 3 is 2.73 bits per heavy atom. The third kappa shape index (κ3) is 7.64. The number of ether oxygens (including phenoxy) is 1. The first-order valence-electron chi connectivity index (χ1n) is 4.58. The SMILES string of the molecule is CCOC(=O)\C=C(C)/C=C/C=C(\F)CO. The van der Waals surface area contributed by atoms with Crippen LogP contribution < -0.4 is 0 Å². The Kier molecular flexibility index (Phi) is 7.18. The zero-order valence-corrected chi connectivity index (χ0v) is 8.87. The minimum Gasteiger partial charge on any atom is -0.463 e. The van der Waals surface area contributed by atoms with Gasteiger partial charge in [0.1, 0.15) is 5.83 Å². The predicted octanol–water partition coefficient (Wildman–Crippen LogP) is 1.90. The third-order valence-electron chi connectivity index (χ3n) is 1.42. The van der Waals surface area contributed by atoms with E-state index in [1.54, 1.807) is 19.9 Å². The summed E-state index contributed by atoms with van der Waals surface area (Å²) in [7, 11) is 0. The molecule has 0 heterocycles. The van der Waals surface area contributed by atoms with E-state index < -0.39 is 18.4 Å². The molecule has 84 valence electrons. The van der Waals surface area contributed by atoms with Gasteiger partial charge in [-0.1, -0.05) is 12.2 Å². The number of hydrogen-bond donors (Lipinski definition) is 1. The number of rotatable bonds is 5. The molecule has 0 fully saturated rings. The number of allylic oxidation sites excluding steroid dienone is 4. The molecule has 0 saturated carbocycles. The van der Waals surface area contributed by atoms with Crippen LogP contribution in [-0.4, -0.2) is 24.3 Å². The van der Waals surface area contributed by atoms with Crippen molar-refractivity contribution < 1.29 is 19.0 Å². The lowest BCUT2D eigenvalue weighted by Gasteiger charge is -1.95. The molecule has 0 aromatic carbocycles. The van der Waals surface area contributed by atoms with E-state index >= 15 is 0 Å². The monoisotopic (exact) mass is 214 g/mol. The molecule has 4 heteroatoms. The largest absolute Gasteiger partial charge is 0.463 e. The van der Waals surface area contributed by atoms with E-state index in [-0.39, 0.29) is 0 Å². The molecule has 0 unspecified atom stereocenters. The molecule has 3 nitrogen and oxygen atoms in total. The van der Waals surface area contributed by atoms with E-state index in [4.69, 9.17) is 5.11 Å². The normalized spacial score (nSPS) is 13.3. The van der Waals surface area contributed by atoms with Crippen molar-refractivity contribution in [3.63, 3.8) is 0 Å². The van der Waals surface area contributed by atoms with Crippen molar-refractivity contribution in [3.05, 3.63) is 35.7 Å². The van der Waals surface area contributed by atoms with Gasteiger partial charge < -0.3 is 9.84 Å². The second-order valence-electron chi connectivity index (χ2n) is 2.77. The molecule has 0 bridgehead atoms. The van der Waals surface area contributed by atoms with Crippen molar-refractivity contribution >= 4 is 5.97 Å². The molecule has 0 aliphatic rings. The average molecular weight is 214 g/mol. The number of esters is 1. The summed E-state index contributed by atoms with van der Waals surface area (Å²) < 4.78 is 17.1. The quantitative estimate of drug-likeness (QED) is 0.432. The number of carbonyl (C=O) groups is 1. The molecule has 0 aliphatic carbocycles. The minimum atomic E-state index is -0.629. The zero-order chi connectivity index (χ0) is 11.7. The highest BCUT2D eigenvalue weighted by atomic mass is 19.1. The molecule has 0 amide bonds. The lowest BCUT2D eigenvalue weighted by atomic mass is 10.2. The van der Waals surface area contributed by atoms with Crippen LogP contribution in [0.1, 0.15) is 13.8 Å². The van der Waals surface area contributed by atoms with Gasteiger partial charge in [-0.3, -0.25) is 0 Å². The molecule has 0 aromatic heterocycles. The van der Waals surface area contributed by atoms with Gasteiger partial charge in [-0.15, -0.1) is 0 Å². The van der Waals surface area contributed by atoms with Gasteiger partial charge in [0.25, 0.3) is 0 Å². The van der Waals surface area contributed by atoms with Crippen molar-refractivity contribution in [3.8, 4) is 0 Å². The van der Waals surface area contributed by atoms with Crippen LogP contribution in [0.4, 0.5) is 4.39 Å². The summed E-state index contributed by atoms with van der Waals surface area (Å²) in [5.41, 5.74) is 0.649. The van der Waals surface area contributed by atoms with E-state index in [0.29, 0.717) is 12.2 Å². The van der Waals surface area contributed by atoms with Gasteiger partial charge in [0.15, 0.2) is 0 Å². The van der Waals surface area contributed by atoms with Crippen LogP contribution in [0.5, 0.6) is 0 Å². The van der Waals surface area contributed by atoms with Crippen LogP contribution in [0.2, 0.25) is 0 Å². The smallest absolute Gasteiger partial charge is 0.330 e. The van der Waals surface area contributed by atoms with Gasteiger partial charge in [-0.2, -0.15) is 0 Å². The Morgan fingerprint density at radius 2 is 2.20 bits per heavy atom. The Labute approximate surface area is 88.6 Å². The first-order chi connectivity index (χ1) is 7.10. The highest BCUT2D eigenvalue weighted by Crippen LogP contribution is 1.99. The summed E-state index contributed by atoms with van der Waals surface area (Å²) >= 11 is 0. The second-order valence-corrected chi connectivity index (χ2v) is 2.77. The molecule has 0 radical (unpaired) electrons. The zero-order valence-electron chi connectivity index (χ0n) is 8.87. The van der Waals surface area contributed by atoms with Gasteiger partial charge in [-0.05, 0) is 25.5 Å². The minimum absolute atomic E-state index is 0.325. The standard InChI is InChI=1S/C11H15FO3/c1-3-15-11(14)7-9(2)5-4-6-10(12)8-13/h4-7,13H,3,8H2,1-2H3/b5-4+,9-7-,10-6-. The van der Waals surface area contributed by atoms with Crippen LogP contribution in [0.25, 0.3) is 0 Å². The summed E-state index contributed by atoms with van der Waals surface area (Å²) in [6, 6.07) is 0. The fourth-order valence-electron chi connectivity index (χ4n) is 0.775. The molecule has 15 heavy (non-hydrogen) atoms. The number of aliphatic hydroxyl groups is 1. The maximum Gasteiger partial charge on any atom is 0.330 e. The van der Waals surface area contributed by atoms with E-state index in [9.17, 15) is 9.18 Å².